The number of nitriles is 2. The molecular formula is C50H38F2N4O4S2. The Morgan fingerprint density at radius 1 is 0.597 bits per heavy atom. The molecule has 0 saturated heterocycles. The average Bonchev–Trinajstić information content (AvgIpc) is 3.25. The summed E-state index contributed by atoms with van der Waals surface area (Å²) in [7, 11) is 0. The predicted molar refractivity (Wildman–Crippen MR) is 243 cm³/mol. The van der Waals surface area contributed by atoms with Crippen LogP contribution in [0.3, 0.4) is 0 Å². The summed E-state index contributed by atoms with van der Waals surface area (Å²) in [6.45, 7) is 9.12. The van der Waals surface area contributed by atoms with E-state index in [9.17, 15) is 34.0 Å². The van der Waals surface area contributed by atoms with Crippen molar-refractivity contribution in [3.05, 3.63) is 145 Å². The number of nitrogens with zero attached hydrogens (tertiary/aromatic N) is 4. The van der Waals surface area contributed by atoms with Gasteiger partial charge in [0.1, 0.15) is 21.1 Å². The average molecular weight is 861 g/mol. The van der Waals surface area contributed by atoms with Gasteiger partial charge in [0.2, 0.25) is 0 Å². The monoisotopic (exact) mass is 860 g/mol. The zero-order chi connectivity index (χ0) is 44.3. The first-order valence-electron chi connectivity index (χ1n) is 19.4. The number of pyridine rings is 2. The predicted octanol–water partition coefficient (Wildman–Crippen LogP) is 12.5. The molecule has 8 nitrogen and oxygen atoms in total. The lowest BCUT2D eigenvalue weighted by Crippen LogP contribution is -2.29. The number of ether oxygens (including phenoxy) is 1. The lowest BCUT2D eigenvalue weighted by Gasteiger charge is -2.22. The second-order valence-electron chi connectivity index (χ2n) is 15.3. The summed E-state index contributed by atoms with van der Waals surface area (Å²) >= 11 is 2.69. The molecule has 308 valence electrons. The minimum atomic E-state index is -0.981. The van der Waals surface area contributed by atoms with Crippen LogP contribution in [0, 0.1) is 34.3 Å². The van der Waals surface area contributed by atoms with Gasteiger partial charge in [0.15, 0.2) is 0 Å². The molecule has 0 unspecified atom stereocenters. The maximum atomic E-state index is 14.1. The molecule has 0 saturated carbocycles. The van der Waals surface area contributed by atoms with Crippen LogP contribution in [-0.4, -0.2) is 43.1 Å². The number of thioether (sulfide) groups is 2. The summed E-state index contributed by atoms with van der Waals surface area (Å²) in [5.41, 5.74) is 4.15. The van der Waals surface area contributed by atoms with Gasteiger partial charge in [-0.1, -0.05) is 36.4 Å². The first kappa shape index (κ1) is 43.2. The van der Waals surface area contributed by atoms with E-state index in [-0.39, 0.29) is 17.6 Å². The van der Waals surface area contributed by atoms with Crippen molar-refractivity contribution >= 4 is 78.6 Å². The zero-order valence-corrected chi connectivity index (χ0v) is 35.9. The molecule has 2 heterocycles. The van der Waals surface area contributed by atoms with E-state index in [1.165, 1.54) is 47.8 Å². The highest BCUT2D eigenvalue weighted by Gasteiger charge is 2.31. The second-order valence-corrected chi connectivity index (χ2v) is 18.7. The number of esters is 1. The van der Waals surface area contributed by atoms with Crippen LogP contribution in [0.4, 0.5) is 8.78 Å². The van der Waals surface area contributed by atoms with E-state index >= 15 is 0 Å². The molecule has 0 bridgehead atoms. The standard InChI is InChI=1S/C26H21FN2O2S.C24H17FN2O2S/c1-4-31-25(30)26(2,3)32-19-8-5-17-14-29-15-24(22(17)12-19)21-9-6-16(13-28)20-10-7-18(27)11-23(20)21;1-24(2,23(28)29)30-17-6-3-15-12-27-13-22(20(15)10-17)19-7-4-14(11-26)18-8-5-16(25)9-21(18)19/h5-12,14-15H,4H2,1-3H3;3-10,12-13H,1-2H3,(H,28,29). The van der Waals surface area contributed by atoms with Gasteiger partial charge < -0.3 is 9.84 Å². The smallest absolute Gasteiger partial charge is 0.321 e. The Kier molecular flexibility index (Phi) is 12.3. The summed E-state index contributed by atoms with van der Waals surface area (Å²) in [6, 6.07) is 31.9. The van der Waals surface area contributed by atoms with E-state index in [1.807, 2.05) is 56.3 Å². The Bertz CT molecular complexity index is 3180. The number of carboxylic acids is 1. The molecule has 0 aliphatic rings. The number of rotatable bonds is 9. The summed E-state index contributed by atoms with van der Waals surface area (Å²) in [4.78, 5) is 34.3. The van der Waals surface area contributed by atoms with E-state index in [0.29, 0.717) is 39.3 Å². The van der Waals surface area contributed by atoms with Crippen molar-refractivity contribution in [2.75, 3.05) is 6.61 Å². The zero-order valence-electron chi connectivity index (χ0n) is 34.3. The lowest BCUT2D eigenvalue weighted by atomic mass is 9.93. The number of halogens is 2. The van der Waals surface area contributed by atoms with E-state index in [4.69, 9.17) is 4.74 Å². The molecule has 8 aromatic rings. The number of aromatic nitrogens is 2. The number of benzene rings is 6. The van der Waals surface area contributed by atoms with E-state index in [2.05, 4.69) is 22.1 Å². The van der Waals surface area contributed by atoms with Crippen LogP contribution < -0.4 is 0 Å². The third-order valence-corrected chi connectivity index (χ3v) is 12.6. The van der Waals surface area contributed by atoms with Crippen LogP contribution >= 0.6 is 23.5 Å². The molecule has 0 aliphatic carbocycles. The molecule has 0 amide bonds. The van der Waals surface area contributed by atoms with E-state index in [0.717, 1.165) is 53.6 Å². The third-order valence-electron chi connectivity index (χ3n) is 10.3. The quantitative estimate of drug-likeness (QED) is 0.110. The van der Waals surface area contributed by atoms with Crippen molar-refractivity contribution in [2.45, 2.75) is 53.9 Å². The van der Waals surface area contributed by atoms with Crippen LogP contribution in [-0.2, 0) is 14.3 Å². The Morgan fingerprint density at radius 2 is 1.05 bits per heavy atom. The molecule has 62 heavy (non-hydrogen) atoms. The van der Waals surface area contributed by atoms with Gasteiger partial charge >= 0.3 is 11.9 Å². The fraction of sp³-hybridized carbons (Fsp3) is 0.160. The van der Waals surface area contributed by atoms with Crippen molar-refractivity contribution in [3.8, 4) is 34.4 Å². The van der Waals surface area contributed by atoms with Crippen LogP contribution in [0.25, 0.3) is 65.3 Å². The normalized spacial score (nSPS) is 11.5. The minimum Gasteiger partial charge on any atom is -0.480 e. The molecule has 8 rings (SSSR count). The van der Waals surface area contributed by atoms with Crippen LogP contribution in [0.15, 0.2) is 132 Å². The number of carbonyl (C=O) groups is 2. The largest absolute Gasteiger partial charge is 0.480 e. The van der Waals surface area contributed by atoms with Gasteiger partial charge in [-0.25, -0.2) is 8.78 Å². The Balaban J connectivity index is 0.000000187. The van der Waals surface area contributed by atoms with Crippen molar-refractivity contribution < 1.29 is 28.2 Å². The first-order valence-corrected chi connectivity index (χ1v) is 21.1. The van der Waals surface area contributed by atoms with Gasteiger partial charge in [0.05, 0.1) is 29.9 Å². The summed E-state index contributed by atoms with van der Waals surface area (Å²) in [5, 5.41) is 34.6. The maximum Gasteiger partial charge on any atom is 0.321 e. The van der Waals surface area contributed by atoms with Crippen LogP contribution in [0.2, 0.25) is 0 Å². The summed E-state index contributed by atoms with van der Waals surface area (Å²) < 4.78 is 31.7. The second kappa shape index (κ2) is 17.6. The lowest BCUT2D eigenvalue weighted by molar-refractivity contribution is -0.145. The maximum absolute atomic E-state index is 14.1. The number of hydrogen-bond acceptors (Lipinski definition) is 9. The topological polar surface area (TPSA) is 137 Å². The van der Waals surface area contributed by atoms with E-state index < -0.39 is 15.5 Å². The number of carbonyl (C=O) groups excluding carboxylic acids is 1. The third kappa shape index (κ3) is 8.80. The summed E-state index contributed by atoms with van der Waals surface area (Å²) in [6.07, 6.45) is 6.97. The Hall–Kier alpha value is -6.86. The fourth-order valence-electron chi connectivity index (χ4n) is 7.13. The van der Waals surface area contributed by atoms with Gasteiger partial charge in [0.25, 0.3) is 0 Å². The van der Waals surface area contributed by atoms with Crippen LogP contribution in [0.1, 0.15) is 45.7 Å². The summed E-state index contributed by atoms with van der Waals surface area (Å²) in [5.74, 6) is -1.91. The molecule has 12 heteroatoms. The van der Waals surface area contributed by atoms with Crippen molar-refractivity contribution in [2.24, 2.45) is 0 Å². The van der Waals surface area contributed by atoms with Crippen LogP contribution in [0.5, 0.6) is 0 Å². The number of fused-ring (bicyclic) bond motifs is 4. The molecule has 0 aliphatic heterocycles. The molecule has 0 radical (unpaired) electrons. The highest BCUT2D eigenvalue weighted by Crippen LogP contribution is 2.41. The van der Waals surface area contributed by atoms with Gasteiger partial charge in [-0.3, -0.25) is 19.6 Å². The molecule has 2 aromatic heterocycles. The van der Waals surface area contributed by atoms with Gasteiger partial charge in [-0.2, -0.15) is 10.5 Å². The fourth-order valence-corrected chi connectivity index (χ4v) is 9.16. The number of aliphatic carboxylic acids is 1. The van der Waals surface area contributed by atoms with Gasteiger partial charge in [0, 0.05) is 67.3 Å². The minimum absolute atomic E-state index is 0.270. The number of carboxylic acid groups (broad SMARTS) is 1. The molecule has 0 fully saturated rings. The van der Waals surface area contributed by atoms with Crippen molar-refractivity contribution in [1.82, 2.24) is 9.97 Å². The molecule has 1 N–H and O–H groups in total. The molecule has 0 atom stereocenters. The van der Waals surface area contributed by atoms with Crippen molar-refractivity contribution in [3.63, 3.8) is 0 Å². The van der Waals surface area contributed by atoms with E-state index in [1.54, 1.807) is 75.9 Å². The first-order chi connectivity index (χ1) is 29.6. The SMILES string of the molecule is CC(C)(Sc1ccc2cncc(-c3ccc(C#N)c4ccc(F)cc34)c2c1)C(=O)O.CCOC(=O)C(C)(C)Sc1ccc2cncc(-c3ccc(C#N)c4ccc(F)cc34)c2c1. The number of hydrogen-bond donors (Lipinski definition) is 1. The Morgan fingerprint density at radius 3 is 1.47 bits per heavy atom. The Labute approximate surface area is 365 Å². The van der Waals surface area contributed by atoms with Crippen molar-refractivity contribution in [1.29, 1.82) is 10.5 Å². The molecular weight excluding hydrogens is 823 g/mol. The van der Waals surface area contributed by atoms with Gasteiger partial charge in [-0.15, -0.1) is 23.5 Å². The highest BCUT2D eigenvalue weighted by atomic mass is 32.2. The molecule has 0 spiro atoms. The van der Waals surface area contributed by atoms with Gasteiger partial charge in [-0.05, 0) is 128 Å². The highest BCUT2D eigenvalue weighted by molar-refractivity contribution is 8.01. The molecule has 6 aromatic carbocycles.